The molecule has 0 bridgehead atoms. The molecule has 0 aliphatic heterocycles. The molecule has 2 N–H and O–H groups in total. The van der Waals surface area contributed by atoms with Gasteiger partial charge < -0.3 is 15.4 Å². The monoisotopic (exact) mass is 276 g/mol. The fraction of sp³-hybridized carbons (Fsp3) is 0.562. The van der Waals surface area contributed by atoms with Crippen molar-refractivity contribution in [1.29, 1.82) is 0 Å². The molecule has 4 nitrogen and oxygen atoms in total. The maximum atomic E-state index is 11.4. The second-order valence-corrected chi connectivity index (χ2v) is 5.50. The van der Waals surface area contributed by atoms with Crippen LogP contribution in [-0.2, 0) is 12.8 Å². The maximum Gasteiger partial charge on any atom is 0.315 e. The number of carbonyl (C=O) groups is 1. The predicted molar refractivity (Wildman–Crippen MR) is 80.2 cm³/mol. The third kappa shape index (κ3) is 4.15. The molecule has 2 amide bonds. The molecule has 1 aliphatic carbocycles. The quantitative estimate of drug-likeness (QED) is 0.812. The molecule has 1 aromatic carbocycles. The Hall–Kier alpha value is -1.71. The maximum absolute atomic E-state index is 11.4. The van der Waals surface area contributed by atoms with Gasteiger partial charge >= 0.3 is 6.03 Å². The number of rotatable bonds is 5. The molecule has 0 saturated carbocycles. The van der Waals surface area contributed by atoms with Gasteiger partial charge in [-0.05, 0) is 56.7 Å². The van der Waals surface area contributed by atoms with Gasteiger partial charge in [0.05, 0.1) is 6.54 Å². The average molecular weight is 276 g/mol. The molecule has 110 valence electrons. The first-order valence-corrected chi connectivity index (χ1v) is 7.44. The molecule has 0 unspecified atom stereocenters. The lowest BCUT2D eigenvalue weighted by molar-refractivity contribution is 0.234. The highest BCUT2D eigenvalue weighted by Gasteiger charge is 2.13. The minimum atomic E-state index is -0.140. The summed E-state index contributed by atoms with van der Waals surface area (Å²) >= 11 is 0. The Bertz CT molecular complexity index is 458. The minimum absolute atomic E-state index is 0.140. The number of urea groups is 1. The van der Waals surface area contributed by atoms with Crippen LogP contribution in [-0.4, -0.2) is 25.2 Å². The van der Waals surface area contributed by atoms with Gasteiger partial charge in [-0.25, -0.2) is 4.79 Å². The van der Waals surface area contributed by atoms with E-state index in [4.69, 9.17) is 4.74 Å². The Balaban J connectivity index is 1.79. The Kier molecular flexibility index (Phi) is 5.27. The molecular weight excluding hydrogens is 252 g/mol. The van der Waals surface area contributed by atoms with Crippen molar-refractivity contribution in [3.63, 3.8) is 0 Å². The number of hydrogen-bond donors (Lipinski definition) is 2. The third-order valence-corrected chi connectivity index (χ3v) is 3.42. The van der Waals surface area contributed by atoms with Gasteiger partial charge in [-0.15, -0.1) is 0 Å². The molecule has 1 aromatic rings. The zero-order valence-corrected chi connectivity index (χ0v) is 12.4. The summed E-state index contributed by atoms with van der Waals surface area (Å²) in [4.78, 5) is 11.4. The van der Waals surface area contributed by atoms with Crippen molar-refractivity contribution in [2.24, 2.45) is 0 Å². The van der Waals surface area contributed by atoms with Crippen LogP contribution in [0.25, 0.3) is 0 Å². The summed E-state index contributed by atoms with van der Waals surface area (Å²) in [6, 6.07) is 6.28. The van der Waals surface area contributed by atoms with Crippen molar-refractivity contribution in [3.05, 3.63) is 29.3 Å². The number of fused-ring (bicyclic) bond motifs is 1. The number of hydrogen-bond acceptors (Lipinski definition) is 2. The van der Waals surface area contributed by atoms with Crippen molar-refractivity contribution >= 4 is 6.03 Å². The zero-order valence-electron chi connectivity index (χ0n) is 12.4. The summed E-state index contributed by atoms with van der Waals surface area (Å²) in [5.74, 6) is 0.980. The van der Waals surface area contributed by atoms with Gasteiger partial charge in [0, 0.05) is 6.04 Å². The normalized spacial score (nSPS) is 13.8. The highest BCUT2D eigenvalue weighted by molar-refractivity contribution is 5.74. The second kappa shape index (κ2) is 7.17. The molecule has 0 spiro atoms. The minimum Gasteiger partial charge on any atom is -0.491 e. The van der Waals surface area contributed by atoms with Gasteiger partial charge in [0.2, 0.25) is 0 Å². The van der Waals surface area contributed by atoms with E-state index in [1.807, 2.05) is 19.9 Å². The van der Waals surface area contributed by atoms with Gasteiger partial charge in [-0.1, -0.05) is 12.1 Å². The lowest BCUT2D eigenvalue weighted by Gasteiger charge is -2.19. The van der Waals surface area contributed by atoms with Crippen molar-refractivity contribution in [3.8, 4) is 5.75 Å². The van der Waals surface area contributed by atoms with Crippen molar-refractivity contribution < 1.29 is 9.53 Å². The predicted octanol–water partition coefficient (Wildman–Crippen LogP) is 2.65. The Labute approximate surface area is 120 Å². The van der Waals surface area contributed by atoms with Crippen molar-refractivity contribution in [2.45, 2.75) is 45.6 Å². The molecule has 2 rings (SSSR count). The molecular formula is C16H24N2O2. The Morgan fingerprint density at radius 1 is 1.30 bits per heavy atom. The van der Waals surface area contributed by atoms with Gasteiger partial charge in [0.15, 0.2) is 0 Å². The SMILES string of the molecule is CC(C)NC(=O)NCCOc1cccc2c1CCCC2. The summed E-state index contributed by atoms with van der Waals surface area (Å²) in [7, 11) is 0. The second-order valence-electron chi connectivity index (χ2n) is 5.50. The first-order chi connectivity index (χ1) is 9.66. The summed E-state index contributed by atoms with van der Waals surface area (Å²) in [5.41, 5.74) is 2.77. The van der Waals surface area contributed by atoms with E-state index in [9.17, 15) is 4.79 Å². The van der Waals surface area contributed by atoms with Crippen LogP contribution in [0.5, 0.6) is 5.75 Å². The topological polar surface area (TPSA) is 50.4 Å². The molecule has 1 aliphatic rings. The summed E-state index contributed by atoms with van der Waals surface area (Å²) in [6.45, 7) is 4.89. The van der Waals surface area contributed by atoms with Crippen LogP contribution in [0, 0.1) is 0 Å². The van der Waals surface area contributed by atoms with Gasteiger partial charge in [-0.3, -0.25) is 0 Å². The van der Waals surface area contributed by atoms with E-state index in [1.54, 1.807) is 0 Å². The highest BCUT2D eigenvalue weighted by atomic mass is 16.5. The standard InChI is InChI=1S/C16H24N2O2/c1-12(2)18-16(19)17-10-11-20-15-9-5-7-13-6-3-4-8-14(13)15/h5,7,9,12H,3-4,6,8,10-11H2,1-2H3,(H2,17,18,19). The van der Waals surface area contributed by atoms with Crippen LogP contribution < -0.4 is 15.4 Å². The molecule has 0 radical (unpaired) electrons. The average Bonchev–Trinajstić information content (AvgIpc) is 2.43. The fourth-order valence-corrected chi connectivity index (χ4v) is 2.52. The summed E-state index contributed by atoms with van der Waals surface area (Å²) in [6.07, 6.45) is 4.77. The smallest absolute Gasteiger partial charge is 0.315 e. The molecule has 0 atom stereocenters. The molecule has 4 heteroatoms. The van der Waals surface area contributed by atoms with E-state index < -0.39 is 0 Å². The van der Waals surface area contributed by atoms with Gasteiger partial charge in [-0.2, -0.15) is 0 Å². The van der Waals surface area contributed by atoms with Gasteiger partial charge in [0.1, 0.15) is 12.4 Å². The van der Waals surface area contributed by atoms with Gasteiger partial charge in [0.25, 0.3) is 0 Å². The van der Waals surface area contributed by atoms with Crippen molar-refractivity contribution in [1.82, 2.24) is 10.6 Å². The van der Waals surface area contributed by atoms with Crippen LogP contribution >= 0.6 is 0 Å². The number of carbonyl (C=O) groups excluding carboxylic acids is 1. The summed E-state index contributed by atoms with van der Waals surface area (Å²) in [5, 5.41) is 5.58. The highest BCUT2D eigenvalue weighted by Crippen LogP contribution is 2.29. The Morgan fingerprint density at radius 2 is 2.10 bits per heavy atom. The first-order valence-electron chi connectivity index (χ1n) is 7.44. The number of aryl methyl sites for hydroxylation is 1. The van der Waals surface area contributed by atoms with Crippen LogP contribution in [0.3, 0.4) is 0 Å². The van der Waals surface area contributed by atoms with E-state index in [0.29, 0.717) is 13.2 Å². The summed E-state index contributed by atoms with van der Waals surface area (Å²) < 4.78 is 5.82. The van der Waals surface area contributed by atoms with E-state index in [0.717, 1.165) is 18.6 Å². The lowest BCUT2D eigenvalue weighted by atomic mass is 9.91. The molecule has 0 saturated heterocycles. The largest absolute Gasteiger partial charge is 0.491 e. The number of amides is 2. The molecule has 20 heavy (non-hydrogen) atoms. The zero-order chi connectivity index (χ0) is 14.4. The first kappa shape index (κ1) is 14.7. The number of benzene rings is 1. The van der Waals surface area contributed by atoms with E-state index in [2.05, 4.69) is 22.8 Å². The van der Waals surface area contributed by atoms with Crippen LogP contribution in [0.15, 0.2) is 18.2 Å². The fourth-order valence-electron chi connectivity index (χ4n) is 2.52. The Morgan fingerprint density at radius 3 is 2.90 bits per heavy atom. The van der Waals surface area contributed by atoms with Crippen LogP contribution in [0.2, 0.25) is 0 Å². The lowest BCUT2D eigenvalue weighted by Crippen LogP contribution is -2.41. The third-order valence-electron chi connectivity index (χ3n) is 3.42. The van der Waals surface area contributed by atoms with E-state index >= 15 is 0 Å². The van der Waals surface area contributed by atoms with E-state index in [1.165, 1.54) is 24.0 Å². The molecule has 0 heterocycles. The molecule has 0 aromatic heterocycles. The number of ether oxygens (including phenoxy) is 1. The van der Waals surface area contributed by atoms with Crippen LogP contribution in [0.1, 0.15) is 37.8 Å². The molecule has 0 fully saturated rings. The number of nitrogens with one attached hydrogen (secondary N) is 2. The van der Waals surface area contributed by atoms with Crippen LogP contribution in [0.4, 0.5) is 4.79 Å². The van der Waals surface area contributed by atoms with Crippen molar-refractivity contribution in [2.75, 3.05) is 13.2 Å². The van der Waals surface area contributed by atoms with E-state index in [-0.39, 0.29) is 12.1 Å².